The Kier molecular flexibility index (Phi) is 4.77. The van der Waals surface area contributed by atoms with Crippen molar-refractivity contribution in [3.05, 3.63) is 57.5 Å². The fraction of sp³-hybridized carbons (Fsp3) is 0.381. The van der Waals surface area contributed by atoms with Crippen LogP contribution in [0.1, 0.15) is 29.2 Å². The van der Waals surface area contributed by atoms with E-state index in [2.05, 4.69) is 11.2 Å². The van der Waals surface area contributed by atoms with Gasteiger partial charge in [0.25, 0.3) is 5.56 Å². The van der Waals surface area contributed by atoms with Crippen molar-refractivity contribution in [2.45, 2.75) is 26.2 Å². The van der Waals surface area contributed by atoms with E-state index in [1.807, 2.05) is 32.0 Å². The predicted molar refractivity (Wildman–Crippen MR) is 107 cm³/mol. The normalized spacial score (nSPS) is 17.0. The van der Waals surface area contributed by atoms with Crippen LogP contribution in [0.3, 0.4) is 0 Å². The van der Waals surface area contributed by atoms with Crippen LogP contribution in [0.15, 0.2) is 35.1 Å². The minimum Gasteiger partial charge on any atom is -0.383 e. The monoisotopic (exact) mass is 380 g/mol. The zero-order valence-electron chi connectivity index (χ0n) is 16.4. The lowest BCUT2D eigenvalue weighted by molar-refractivity contribution is -0.128. The van der Waals surface area contributed by atoms with E-state index in [4.69, 9.17) is 9.72 Å². The fourth-order valence-corrected chi connectivity index (χ4v) is 3.85. The number of hydrogen-bond acceptors (Lipinski definition) is 4. The van der Waals surface area contributed by atoms with Crippen molar-refractivity contribution in [1.82, 2.24) is 19.5 Å². The first-order chi connectivity index (χ1) is 13.5. The molecule has 1 fully saturated rings. The average Bonchev–Trinajstić information content (AvgIpc) is 3.21. The van der Waals surface area contributed by atoms with Gasteiger partial charge in [0.05, 0.1) is 18.0 Å². The van der Waals surface area contributed by atoms with Crippen molar-refractivity contribution in [2.75, 3.05) is 26.8 Å². The smallest absolute Gasteiger partial charge is 0.272 e. The number of likely N-dealkylation sites (tertiary alicyclic amines) is 1. The Hall–Kier alpha value is -2.93. The number of nitrogens with one attached hydrogen (secondary N) is 1. The molecule has 1 aromatic carbocycles. The summed E-state index contributed by atoms with van der Waals surface area (Å²) in [5.41, 5.74) is 5.10. The number of ether oxygens (including phenoxy) is 1. The van der Waals surface area contributed by atoms with Crippen LogP contribution in [0.25, 0.3) is 16.9 Å². The number of H-pyrrole nitrogens is 1. The van der Waals surface area contributed by atoms with Crippen LogP contribution in [0, 0.1) is 13.8 Å². The van der Waals surface area contributed by atoms with Gasteiger partial charge >= 0.3 is 0 Å². The van der Waals surface area contributed by atoms with Crippen molar-refractivity contribution < 1.29 is 9.53 Å². The van der Waals surface area contributed by atoms with Crippen molar-refractivity contribution >= 4 is 11.6 Å². The molecule has 2 aromatic heterocycles. The molecule has 3 aromatic rings. The van der Waals surface area contributed by atoms with Gasteiger partial charge in [0.2, 0.25) is 5.91 Å². The van der Waals surface area contributed by atoms with Crippen LogP contribution in [0.4, 0.5) is 0 Å². The molecular weight excluding hydrogens is 356 g/mol. The molecule has 0 bridgehead atoms. The highest BCUT2D eigenvalue weighted by molar-refractivity contribution is 5.79. The third-order valence-corrected chi connectivity index (χ3v) is 5.38. The summed E-state index contributed by atoms with van der Waals surface area (Å²) in [6.07, 6.45) is 0.376. The highest BCUT2D eigenvalue weighted by atomic mass is 16.5. The molecule has 7 heteroatoms. The van der Waals surface area contributed by atoms with E-state index in [-0.39, 0.29) is 17.4 Å². The second-order valence-corrected chi connectivity index (χ2v) is 7.39. The largest absolute Gasteiger partial charge is 0.383 e. The Bertz CT molecular complexity index is 1100. The van der Waals surface area contributed by atoms with Gasteiger partial charge in [-0.05, 0) is 19.9 Å². The van der Waals surface area contributed by atoms with E-state index in [0.717, 1.165) is 22.4 Å². The van der Waals surface area contributed by atoms with Crippen LogP contribution in [-0.2, 0) is 9.53 Å². The second-order valence-electron chi connectivity index (χ2n) is 7.39. The van der Waals surface area contributed by atoms with Crippen LogP contribution >= 0.6 is 0 Å². The molecule has 1 N–H and O–H groups in total. The Morgan fingerprint density at radius 1 is 1.25 bits per heavy atom. The number of aromatic amines is 1. The lowest BCUT2D eigenvalue weighted by Gasteiger charge is -2.15. The Balaban J connectivity index is 1.72. The number of benzene rings is 1. The highest BCUT2D eigenvalue weighted by Crippen LogP contribution is 2.29. The van der Waals surface area contributed by atoms with Gasteiger partial charge in [-0.25, -0.2) is 9.50 Å². The zero-order valence-corrected chi connectivity index (χ0v) is 16.4. The molecule has 7 nitrogen and oxygen atoms in total. The number of aryl methyl sites for hydroxylation is 2. The van der Waals surface area contributed by atoms with Gasteiger partial charge in [-0.1, -0.05) is 23.8 Å². The van der Waals surface area contributed by atoms with Crippen molar-refractivity contribution in [1.29, 1.82) is 0 Å². The molecule has 1 aliphatic heterocycles. The van der Waals surface area contributed by atoms with E-state index in [9.17, 15) is 9.59 Å². The topological polar surface area (TPSA) is 79.7 Å². The Labute approximate surface area is 162 Å². The minimum atomic E-state index is -0.162. The van der Waals surface area contributed by atoms with Crippen LogP contribution in [0.5, 0.6) is 0 Å². The van der Waals surface area contributed by atoms with Gasteiger partial charge in [0.15, 0.2) is 5.65 Å². The number of carbonyl (C=O) groups excluding carboxylic acids is 1. The molecule has 1 saturated heterocycles. The number of amides is 1. The molecule has 1 atom stereocenters. The summed E-state index contributed by atoms with van der Waals surface area (Å²) >= 11 is 0. The SMILES string of the molecule is COCCN1CC(c2cc(=O)n3[nH]c(-c4cccc(C)c4)c(C)c3n2)CC1=O. The molecule has 28 heavy (non-hydrogen) atoms. The molecule has 4 rings (SSSR count). The van der Waals surface area contributed by atoms with Gasteiger partial charge < -0.3 is 9.64 Å². The molecule has 0 saturated carbocycles. The maximum Gasteiger partial charge on any atom is 0.272 e. The Morgan fingerprint density at radius 2 is 2.07 bits per heavy atom. The molecule has 1 unspecified atom stereocenters. The zero-order chi connectivity index (χ0) is 19.8. The van der Waals surface area contributed by atoms with Gasteiger partial charge in [0, 0.05) is 49.7 Å². The standard InChI is InChI=1S/C21H24N4O3/c1-13-5-4-6-15(9-13)20-14(2)21-22-17(11-19(27)25(21)23-20)16-10-18(26)24(12-16)7-8-28-3/h4-6,9,11,16,23H,7-8,10,12H2,1-3H3. The van der Waals surface area contributed by atoms with E-state index >= 15 is 0 Å². The third kappa shape index (κ3) is 3.22. The van der Waals surface area contributed by atoms with Crippen LogP contribution in [0.2, 0.25) is 0 Å². The van der Waals surface area contributed by atoms with Crippen molar-refractivity contribution in [3.8, 4) is 11.3 Å². The molecule has 3 heterocycles. The lowest BCUT2D eigenvalue weighted by atomic mass is 10.0. The van der Waals surface area contributed by atoms with E-state index < -0.39 is 0 Å². The minimum absolute atomic E-state index is 0.0706. The van der Waals surface area contributed by atoms with E-state index in [1.54, 1.807) is 18.1 Å². The van der Waals surface area contributed by atoms with Gasteiger partial charge in [-0.15, -0.1) is 0 Å². The van der Waals surface area contributed by atoms with Crippen LogP contribution < -0.4 is 5.56 Å². The number of methoxy groups -OCH3 is 1. The first kappa shape index (κ1) is 18.4. The van der Waals surface area contributed by atoms with Crippen molar-refractivity contribution in [3.63, 3.8) is 0 Å². The molecule has 1 amide bonds. The maximum absolute atomic E-state index is 12.7. The Morgan fingerprint density at radius 3 is 2.82 bits per heavy atom. The maximum atomic E-state index is 12.7. The molecule has 0 aliphatic carbocycles. The summed E-state index contributed by atoms with van der Waals surface area (Å²) in [6, 6.07) is 9.67. The first-order valence-electron chi connectivity index (χ1n) is 9.44. The molecule has 1 aliphatic rings. The third-order valence-electron chi connectivity index (χ3n) is 5.38. The predicted octanol–water partition coefficient (Wildman–Crippen LogP) is 2.27. The van der Waals surface area contributed by atoms with Crippen LogP contribution in [-0.4, -0.2) is 52.2 Å². The number of nitrogens with zero attached hydrogens (tertiary/aromatic N) is 3. The molecule has 146 valence electrons. The number of hydrogen-bond donors (Lipinski definition) is 1. The second kappa shape index (κ2) is 7.24. The highest BCUT2D eigenvalue weighted by Gasteiger charge is 2.32. The fourth-order valence-electron chi connectivity index (χ4n) is 3.85. The van der Waals surface area contributed by atoms with Gasteiger partial charge in [-0.2, -0.15) is 0 Å². The number of fused-ring (bicyclic) bond motifs is 1. The average molecular weight is 380 g/mol. The molecular formula is C21H24N4O3. The summed E-state index contributed by atoms with van der Waals surface area (Å²) in [6.45, 7) is 5.64. The summed E-state index contributed by atoms with van der Waals surface area (Å²) in [7, 11) is 1.62. The van der Waals surface area contributed by atoms with Crippen molar-refractivity contribution in [2.24, 2.45) is 0 Å². The summed E-state index contributed by atoms with van der Waals surface area (Å²) in [4.78, 5) is 31.5. The molecule has 0 spiro atoms. The van der Waals surface area contributed by atoms with E-state index in [1.165, 1.54) is 4.52 Å². The summed E-state index contributed by atoms with van der Waals surface area (Å²) in [5, 5.41) is 3.19. The van der Waals surface area contributed by atoms with Gasteiger partial charge in [-0.3, -0.25) is 14.7 Å². The first-order valence-corrected chi connectivity index (χ1v) is 9.44. The van der Waals surface area contributed by atoms with Gasteiger partial charge in [0.1, 0.15) is 0 Å². The number of aromatic nitrogens is 3. The summed E-state index contributed by atoms with van der Waals surface area (Å²) in [5.74, 6) is 0.00839. The quantitative estimate of drug-likeness (QED) is 0.736. The number of rotatable bonds is 5. The molecule has 0 radical (unpaired) electrons. The lowest BCUT2D eigenvalue weighted by Crippen LogP contribution is -2.28. The number of carbonyl (C=O) groups is 1. The van der Waals surface area contributed by atoms with E-state index in [0.29, 0.717) is 37.5 Å². The summed E-state index contributed by atoms with van der Waals surface area (Å²) < 4.78 is 6.55.